The Hall–Kier alpha value is -2.35. The zero-order chi connectivity index (χ0) is 15.2. The van der Waals surface area contributed by atoms with Crippen LogP contribution in [0.4, 0.5) is 0 Å². The first-order valence-electron chi connectivity index (χ1n) is 7.14. The highest BCUT2D eigenvalue weighted by atomic mass is 16.5. The minimum atomic E-state index is -0.312. The summed E-state index contributed by atoms with van der Waals surface area (Å²) in [4.78, 5) is 11.5. The minimum absolute atomic E-state index is 0.312. The fourth-order valence-corrected chi connectivity index (χ4v) is 2.28. The summed E-state index contributed by atoms with van der Waals surface area (Å²) >= 11 is 0. The minimum Gasteiger partial charge on any atom is -0.463 e. The SMILES string of the molecule is CCOC(=O)C=Cc1ccccc1-c1cccc(C)c1C. The average Bonchev–Trinajstić information content (AvgIpc) is 2.49. The van der Waals surface area contributed by atoms with Gasteiger partial charge in [0.05, 0.1) is 6.61 Å². The molecule has 2 aromatic rings. The molecule has 0 heterocycles. The van der Waals surface area contributed by atoms with Crippen LogP contribution in [0.1, 0.15) is 23.6 Å². The summed E-state index contributed by atoms with van der Waals surface area (Å²) in [6.45, 7) is 6.42. The van der Waals surface area contributed by atoms with Gasteiger partial charge in [-0.3, -0.25) is 0 Å². The van der Waals surface area contributed by atoms with Crippen LogP contribution in [0.15, 0.2) is 48.5 Å². The number of benzene rings is 2. The molecule has 0 aliphatic carbocycles. The van der Waals surface area contributed by atoms with E-state index in [0.717, 1.165) is 11.1 Å². The third-order valence-corrected chi connectivity index (χ3v) is 3.54. The number of ether oxygens (including phenoxy) is 1. The molecule has 0 aliphatic heterocycles. The highest BCUT2D eigenvalue weighted by Gasteiger charge is 2.07. The van der Waals surface area contributed by atoms with Crippen LogP contribution >= 0.6 is 0 Å². The molecule has 2 heteroatoms. The first-order chi connectivity index (χ1) is 10.1. The van der Waals surface area contributed by atoms with E-state index in [-0.39, 0.29) is 5.97 Å². The van der Waals surface area contributed by atoms with Gasteiger partial charge in [0.25, 0.3) is 0 Å². The van der Waals surface area contributed by atoms with Gasteiger partial charge in [-0.05, 0) is 54.7 Å². The molecule has 0 aliphatic rings. The molecule has 0 bridgehead atoms. The standard InChI is InChI=1S/C19H20O2/c1-4-21-19(20)13-12-16-9-5-6-10-18(16)17-11-7-8-14(2)15(17)3/h5-13H,4H2,1-3H3. The van der Waals surface area contributed by atoms with Gasteiger partial charge in [-0.2, -0.15) is 0 Å². The first-order valence-corrected chi connectivity index (χ1v) is 7.14. The van der Waals surface area contributed by atoms with Gasteiger partial charge < -0.3 is 4.74 Å². The third-order valence-electron chi connectivity index (χ3n) is 3.54. The maximum Gasteiger partial charge on any atom is 0.330 e. The van der Waals surface area contributed by atoms with E-state index in [1.807, 2.05) is 24.3 Å². The Morgan fingerprint density at radius 1 is 1.05 bits per heavy atom. The maximum absolute atomic E-state index is 11.5. The van der Waals surface area contributed by atoms with Gasteiger partial charge in [0.2, 0.25) is 0 Å². The molecule has 0 saturated heterocycles. The molecular formula is C19H20O2. The lowest BCUT2D eigenvalue weighted by Crippen LogP contribution is -1.98. The number of aryl methyl sites for hydroxylation is 1. The maximum atomic E-state index is 11.5. The van der Waals surface area contributed by atoms with Crippen molar-refractivity contribution in [3.63, 3.8) is 0 Å². The third kappa shape index (κ3) is 3.60. The van der Waals surface area contributed by atoms with Crippen molar-refractivity contribution in [2.24, 2.45) is 0 Å². The van der Waals surface area contributed by atoms with Gasteiger partial charge in [-0.15, -0.1) is 0 Å². The van der Waals surface area contributed by atoms with Crippen LogP contribution in [0.3, 0.4) is 0 Å². The zero-order valence-corrected chi connectivity index (χ0v) is 12.7. The second kappa shape index (κ2) is 6.89. The molecular weight excluding hydrogens is 260 g/mol. The molecule has 2 nitrogen and oxygen atoms in total. The molecule has 0 unspecified atom stereocenters. The lowest BCUT2D eigenvalue weighted by atomic mass is 9.93. The Morgan fingerprint density at radius 2 is 1.76 bits per heavy atom. The van der Waals surface area contributed by atoms with Crippen molar-refractivity contribution in [2.75, 3.05) is 6.61 Å². The van der Waals surface area contributed by atoms with E-state index in [1.54, 1.807) is 6.92 Å². The van der Waals surface area contributed by atoms with Gasteiger partial charge >= 0.3 is 5.97 Å². The fourth-order valence-electron chi connectivity index (χ4n) is 2.28. The van der Waals surface area contributed by atoms with Crippen LogP contribution in [-0.2, 0) is 9.53 Å². The van der Waals surface area contributed by atoms with Gasteiger partial charge in [-0.25, -0.2) is 4.79 Å². The van der Waals surface area contributed by atoms with Crippen molar-refractivity contribution in [2.45, 2.75) is 20.8 Å². The molecule has 2 aromatic carbocycles. The predicted molar refractivity (Wildman–Crippen MR) is 87.0 cm³/mol. The Balaban J connectivity index is 2.42. The molecule has 0 N–H and O–H groups in total. The van der Waals surface area contributed by atoms with Crippen molar-refractivity contribution >= 4 is 12.0 Å². The quantitative estimate of drug-likeness (QED) is 0.607. The van der Waals surface area contributed by atoms with Crippen LogP contribution in [0.5, 0.6) is 0 Å². The molecule has 0 aromatic heterocycles. The molecule has 0 spiro atoms. The smallest absolute Gasteiger partial charge is 0.330 e. The van der Waals surface area contributed by atoms with E-state index in [2.05, 4.69) is 38.1 Å². The highest BCUT2D eigenvalue weighted by Crippen LogP contribution is 2.29. The number of carbonyl (C=O) groups excluding carboxylic acids is 1. The van der Waals surface area contributed by atoms with Gasteiger partial charge in [0.15, 0.2) is 0 Å². The van der Waals surface area contributed by atoms with Crippen LogP contribution < -0.4 is 0 Å². The topological polar surface area (TPSA) is 26.3 Å². The number of rotatable bonds is 4. The molecule has 0 atom stereocenters. The number of hydrogen-bond donors (Lipinski definition) is 0. The van der Waals surface area contributed by atoms with Crippen molar-refractivity contribution in [3.8, 4) is 11.1 Å². The largest absolute Gasteiger partial charge is 0.463 e. The number of hydrogen-bond acceptors (Lipinski definition) is 2. The van der Waals surface area contributed by atoms with E-state index in [9.17, 15) is 4.79 Å². The van der Waals surface area contributed by atoms with Crippen LogP contribution in [0.2, 0.25) is 0 Å². The Kier molecular flexibility index (Phi) is 4.94. The summed E-state index contributed by atoms with van der Waals surface area (Å²) in [5.41, 5.74) is 5.85. The first kappa shape index (κ1) is 15.0. The van der Waals surface area contributed by atoms with Gasteiger partial charge in [0, 0.05) is 6.08 Å². The van der Waals surface area contributed by atoms with E-state index in [4.69, 9.17) is 4.74 Å². The molecule has 21 heavy (non-hydrogen) atoms. The number of carbonyl (C=O) groups is 1. The zero-order valence-electron chi connectivity index (χ0n) is 12.7. The van der Waals surface area contributed by atoms with E-state index >= 15 is 0 Å². The lowest BCUT2D eigenvalue weighted by Gasteiger charge is -2.11. The summed E-state index contributed by atoms with van der Waals surface area (Å²) in [7, 11) is 0. The summed E-state index contributed by atoms with van der Waals surface area (Å²) in [6.07, 6.45) is 3.29. The van der Waals surface area contributed by atoms with E-state index < -0.39 is 0 Å². The molecule has 108 valence electrons. The normalized spacial score (nSPS) is 10.8. The summed E-state index contributed by atoms with van der Waals surface area (Å²) < 4.78 is 4.93. The monoisotopic (exact) mass is 280 g/mol. The Bertz CT molecular complexity index is 669. The van der Waals surface area contributed by atoms with Crippen LogP contribution in [-0.4, -0.2) is 12.6 Å². The number of esters is 1. The van der Waals surface area contributed by atoms with Crippen molar-refractivity contribution in [3.05, 3.63) is 65.2 Å². The van der Waals surface area contributed by atoms with Crippen molar-refractivity contribution in [1.29, 1.82) is 0 Å². The second-order valence-electron chi connectivity index (χ2n) is 4.92. The summed E-state index contributed by atoms with van der Waals surface area (Å²) in [5.74, 6) is -0.312. The second-order valence-corrected chi connectivity index (χ2v) is 4.92. The van der Waals surface area contributed by atoms with Crippen LogP contribution in [0, 0.1) is 13.8 Å². The predicted octanol–water partition coefficient (Wildman–Crippen LogP) is 4.55. The molecule has 0 saturated carbocycles. The van der Waals surface area contributed by atoms with E-state index in [1.165, 1.54) is 22.8 Å². The molecule has 2 rings (SSSR count). The molecule has 0 radical (unpaired) electrons. The Labute approximate surface area is 126 Å². The van der Waals surface area contributed by atoms with Crippen molar-refractivity contribution < 1.29 is 9.53 Å². The summed E-state index contributed by atoms with van der Waals surface area (Å²) in [5, 5.41) is 0. The van der Waals surface area contributed by atoms with Crippen molar-refractivity contribution in [1.82, 2.24) is 0 Å². The highest BCUT2D eigenvalue weighted by molar-refractivity contribution is 5.89. The van der Waals surface area contributed by atoms with Gasteiger partial charge in [0.1, 0.15) is 0 Å². The molecule has 0 amide bonds. The summed E-state index contributed by atoms with van der Waals surface area (Å²) in [6, 6.07) is 14.3. The van der Waals surface area contributed by atoms with Gasteiger partial charge in [-0.1, -0.05) is 42.5 Å². The average molecular weight is 280 g/mol. The fraction of sp³-hybridized carbons (Fsp3) is 0.211. The van der Waals surface area contributed by atoms with Crippen LogP contribution in [0.25, 0.3) is 17.2 Å². The molecule has 0 fully saturated rings. The Morgan fingerprint density at radius 3 is 2.52 bits per heavy atom. The van der Waals surface area contributed by atoms with E-state index in [0.29, 0.717) is 6.61 Å². The lowest BCUT2D eigenvalue weighted by molar-refractivity contribution is -0.137.